The van der Waals surface area contributed by atoms with Crippen LogP contribution in [-0.4, -0.2) is 14.5 Å². The zero-order valence-electron chi connectivity index (χ0n) is 25.2. The van der Waals surface area contributed by atoms with Crippen LogP contribution in [0.1, 0.15) is 37.6 Å². The summed E-state index contributed by atoms with van der Waals surface area (Å²) in [4.78, 5) is 8.83. The topological polar surface area (TPSA) is 30.7 Å². The smallest absolute Gasteiger partial charge is 0.0480 e. The summed E-state index contributed by atoms with van der Waals surface area (Å²) in [5.41, 5.74) is 11.8. The summed E-state index contributed by atoms with van der Waals surface area (Å²) in [6.45, 7) is 11.0. The normalized spacial score (nSPS) is 11.0. The molecule has 3 heterocycles. The van der Waals surface area contributed by atoms with Crippen molar-refractivity contribution in [2.45, 2.75) is 41.0 Å². The molecule has 1 radical (unpaired) electrons. The molecule has 0 aliphatic carbocycles. The number of pyridine rings is 2. The number of nitrogens with zero attached hydrogens (tertiary/aromatic N) is 3. The van der Waals surface area contributed by atoms with E-state index in [1.165, 1.54) is 38.9 Å². The molecule has 3 aromatic heterocycles. The molecule has 0 saturated carbocycles. The van der Waals surface area contributed by atoms with Crippen LogP contribution in [0.5, 0.6) is 0 Å². The first kappa shape index (κ1) is 31.1. The van der Waals surface area contributed by atoms with Gasteiger partial charge in [-0.3, -0.25) is 0 Å². The van der Waals surface area contributed by atoms with Crippen LogP contribution >= 0.6 is 0 Å². The van der Waals surface area contributed by atoms with E-state index < -0.39 is 0 Å². The molecule has 0 amide bonds. The summed E-state index contributed by atoms with van der Waals surface area (Å²) < 4.78 is 2.32. The Morgan fingerprint density at radius 2 is 1.50 bits per heavy atom. The van der Waals surface area contributed by atoms with Gasteiger partial charge in [0.15, 0.2) is 0 Å². The third-order valence-electron chi connectivity index (χ3n) is 7.08. The molecule has 0 N–H and O–H groups in total. The minimum absolute atomic E-state index is 0. The van der Waals surface area contributed by atoms with E-state index in [-0.39, 0.29) is 25.5 Å². The molecule has 3 aromatic carbocycles. The van der Waals surface area contributed by atoms with Gasteiger partial charge >= 0.3 is 0 Å². The number of hydrogen-bond acceptors (Lipinski definition) is 2. The predicted molar refractivity (Wildman–Crippen MR) is 172 cm³/mol. The fourth-order valence-corrected chi connectivity index (χ4v) is 4.96. The van der Waals surface area contributed by atoms with Crippen LogP contribution in [-0.2, 0) is 33.6 Å². The van der Waals surface area contributed by atoms with Crippen molar-refractivity contribution >= 4 is 10.9 Å². The largest absolute Gasteiger partial charge is 0.348 e. The molecular weight excluding hydrogens is 691 g/mol. The van der Waals surface area contributed by atoms with E-state index in [4.69, 9.17) is 0 Å². The van der Waals surface area contributed by atoms with Crippen molar-refractivity contribution in [3.8, 4) is 33.6 Å². The second-order valence-electron chi connectivity index (χ2n) is 11.9. The first-order valence-corrected chi connectivity index (χ1v) is 14.1. The monoisotopic (exact) mass is 728 g/mol. The molecule has 0 unspecified atom stereocenters. The van der Waals surface area contributed by atoms with Gasteiger partial charge in [0, 0.05) is 56.1 Å². The van der Waals surface area contributed by atoms with Crippen LogP contribution in [0.25, 0.3) is 44.5 Å². The number of aryl methyl sites for hydroxylation is 3. The van der Waals surface area contributed by atoms with Crippen LogP contribution in [0.4, 0.5) is 0 Å². The standard InChI is InChI=1S/C26H27N2.C12H10N.Ir/c1-18-11-12-27-24(13-18)21-8-6-7-19(14-21)20-9-10-25-22(15-20)16-23(28(25)5)17-26(2,3)4;1-10-7-8-12(13-9-10)11-5-3-2-4-6-11;/h6-7,9-16H,17H2,1-5H3;2-5,7-9H,1H3;/q2*-1;. The molecule has 42 heavy (non-hydrogen) atoms. The zero-order chi connectivity index (χ0) is 29.0. The molecule has 0 saturated heterocycles. The molecule has 0 fully saturated rings. The van der Waals surface area contributed by atoms with Crippen molar-refractivity contribution in [1.29, 1.82) is 0 Å². The average molecular weight is 728 g/mol. The van der Waals surface area contributed by atoms with Gasteiger partial charge in [0.25, 0.3) is 0 Å². The fraction of sp³-hybridized carbons (Fsp3) is 0.211. The molecule has 3 nitrogen and oxygen atoms in total. The Labute approximate surface area is 264 Å². The fourth-order valence-electron chi connectivity index (χ4n) is 4.96. The molecule has 0 atom stereocenters. The zero-order valence-corrected chi connectivity index (χ0v) is 27.6. The quantitative estimate of drug-likeness (QED) is 0.170. The first-order chi connectivity index (χ1) is 19.7. The Kier molecular flexibility index (Phi) is 9.93. The van der Waals surface area contributed by atoms with Crippen LogP contribution in [0, 0.1) is 31.4 Å². The van der Waals surface area contributed by atoms with Crippen molar-refractivity contribution < 1.29 is 20.1 Å². The van der Waals surface area contributed by atoms with E-state index in [0.717, 1.165) is 28.9 Å². The van der Waals surface area contributed by atoms with Gasteiger partial charge in [0.05, 0.1) is 0 Å². The van der Waals surface area contributed by atoms with Gasteiger partial charge < -0.3 is 14.5 Å². The van der Waals surface area contributed by atoms with Crippen LogP contribution < -0.4 is 0 Å². The maximum atomic E-state index is 4.51. The van der Waals surface area contributed by atoms with E-state index in [1.807, 2.05) is 61.8 Å². The van der Waals surface area contributed by atoms with Crippen LogP contribution in [0.2, 0.25) is 0 Å². The minimum Gasteiger partial charge on any atom is -0.348 e. The first-order valence-electron chi connectivity index (χ1n) is 14.1. The Hall–Kier alpha value is -3.85. The Morgan fingerprint density at radius 3 is 2.19 bits per heavy atom. The van der Waals surface area contributed by atoms with E-state index in [2.05, 4.69) is 110 Å². The van der Waals surface area contributed by atoms with E-state index >= 15 is 0 Å². The molecule has 0 aliphatic rings. The Bertz CT molecular complexity index is 1760. The van der Waals surface area contributed by atoms with Gasteiger partial charge in [0.2, 0.25) is 0 Å². The van der Waals surface area contributed by atoms with Gasteiger partial charge in [-0.05, 0) is 72.5 Å². The predicted octanol–water partition coefficient (Wildman–Crippen LogP) is 9.46. The van der Waals surface area contributed by atoms with Crippen LogP contribution in [0.3, 0.4) is 0 Å². The van der Waals surface area contributed by atoms with E-state index in [0.29, 0.717) is 0 Å². The Balaban J connectivity index is 0.000000243. The molecule has 0 aliphatic heterocycles. The molecule has 6 rings (SSSR count). The number of rotatable bonds is 4. The second-order valence-corrected chi connectivity index (χ2v) is 11.9. The Morgan fingerprint density at radius 1 is 0.714 bits per heavy atom. The molecular formula is C38H37IrN3-2. The summed E-state index contributed by atoms with van der Waals surface area (Å²) in [5, 5.41) is 1.29. The van der Waals surface area contributed by atoms with Gasteiger partial charge in [0.1, 0.15) is 0 Å². The summed E-state index contributed by atoms with van der Waals surface area (Å²) in [5.74, 6) is 0. The summed E-state index contributed by atoms with van der Waals surface area (Å²) in [7, 11) is 2.17. The number of hydrogen-bond donors (Lipinski definition) is 0. The average Bonchev–Trinajstić information content (AvgIpc) is 3.27. The molecule has 4 heteroatoms. The minimum atomic E-state index is 0. The maximum Gasteiger partial charge on any atom is 0.0480 e. The van der Waals surface area contributed by atoms with Crippen LogP contribution in [0.15, 0.2) is 103 Å². The molecule has 215 valence electrons. The molecule has 6 aromatic rings. The maximum absolute atomic E-state index is 4.51. The van der Waals surface area contributed by atoms with Gasteiger partial charge in [-0.25, -0.2) is 0 Å². The van der Waals surface area contributed by atoms with Crippen molar-refractivity contribution in [3.63, 3.8) is 0 Å². The van der Waals surface area contributed by atoms with Crippen molar-refractivity contribution in [2.24, 2.45) is 12.5 Å². The van der Waals surface area contributed by atoms with E-state index in [1.54, 1.807) is 0 Å². The summed E-state index contributed by atoms with van der Waals surface area (Å²) >= 11 is 0. The molecule has 0 spiro atoms. The number of benzene rings is 3. The van der Waals surface area contributed by atoms with Crippen molar-refractivity contribution in [3.05, 3.63) is 132 Å². The van der Waals surface area contributed by atoms with E-state index in [9.17, 15) is 0 Å². The summed E-state index contributed by atoms with van der Waals surface area (Å²) in [6, 6.07) is 37.9. The van der Waals surface area contributed by atoms with Gasteiger partial charge in [-0.2, -0.15) is 0 Å². The van der Waals surface area contributed by atoms with Crippen molar-refractivity contribution in [2.75, 3.05) is 0 Å². The molecule has 0 bridgehead atoms. The van der Waals surface area contributed by atoms with Gasteiger partial charge in [-0.1, -0.05) is 50.6 Å². The number of aromatic nitrogens is 3. The summed E-state index contributed by atoms with van der Waals surface area (Å²) in [6.07, 6.45) is 4.80. The second kappa shape index (κ2) is 13.4. The third kappa shape index (κ3) is 7.70. The SMILES string of the molecule is Cc1ccc(-c2[c-]cccc2)nc1.Cc1ccnc(-c2[c-]ccc(-c3ccc4c(c3)cc(CC(C)(C)C)n4C)c2)c1.[Ir]. The third-order valence-corrected chi connectivity index (χ3v) is 7.08. The number of fused-ring (bicyclic) bond motifs is 1. The van der Waals surface area contributed by atoms with Crippen molar-refractivity contribution in [1.82, 2.24) is 14.5 Å². The van der Waals surface area contributed by atoms with Gasteiger partial charge in [-0.15, -0.1) is 71.3 Å².